The molecule has 3 rings (SSSR count). The van der Waals surface area contributed by atoms with Crippen molar-refractivity contribution < 1.29 is 18.7 Å². The summed E-state index contributed by atoms with van der Waals surface area (Å²) in [7, 11) is 0. The first kappa shape index (κ1) is 20.6. The van der Waals surface area contributed by atoms with E-state index >= 15 is 0 Å². The molecule has 2 aromatic rings. The molecule has 0 unspecified atom stereocenters. The number of nitrogens with one attached hydrogen (secondary N) is 1. The molecule has 2 aromatic heterocycles. The highest BCUT2D eigenvalue weighted by atomic mass is 32.2. The van der Waals surface area contributed by atoms with Crippen LogP contribution in [0.5, 0.6) is 0 Å². The summed E-state index contributed by atoms with van der Waals surface area (Å²) >= 11 is 2.82. The molecular formula is C17H23N5O4S2. The van der Waals surface area contributed by atoms with Crippen LogP contribution in [0.4, 0.5) is 5.13 Å². The molecule has 11 heteroatoms. The van der Waals surface area contributed by atoms with E-state index in [1.54, 1.807) is 12.3 Å². The molecule has 0 spiro atoms. The molecule has 1 aliphatic heterocycles. The first-order valence-corrected chi connectivity index (χ1v) is 10.8. The van der Waals surface area contributed by atoms with Gasteiger partial charge in [-0.3, -0.25) is 9.59 Å². The number of carbonyl (C=O) groups excluding carboxylic acids is 2. The second kappa shape index (κ2) is 10.4. The van der Waals surface area contributed by atoms with Gasteiger partial charge in [0.05, 0.1) is 18.6 Å². The van der Waals surface area contributed by atoms with E-state index in [0.29, 0.717) is 39.3 Å². The lowest BCUT2D eigenvalue weighted by Gasteiger charge is -2.34. The van der Waals surface area contributed by atoms with Gasteiger partial charge in [0.1, 0.15) is 12.4 Å². The fourth-order valence-corrected chi connectivity index (χ4v) is 4.32. The van der Waals surface area contributed by atoms with E-state index in [4.69, 9.17) is 9.15 Å². The number of ether oxygens (including phenoxy) is 1. The third kappa shape index (κ3) is 5.94. The smallest absolute Gasteiger partial charge is 0.248 e. The van der Waals surface area contributed by atoms with Crippen molar-refractivity contribution in [2.24, 2.45) is 0 Å². The Kier molecular flexibility index (Phi) is 7.69. The molecule has 0 radical (unpaired) electrons. The first-order valence-electron chi connectivity index (χ1n) is 9.01. The maximum Gasteiger partial charge on any atom is 0.248 e. The Morgan fingerprint density at radius 1 is 1.32 bits per heavy atom. The molecule has 28 heavy (non-hydrogen) atoms. The third-order valence-electron chi connectivity index (χ3n) is 4.09. The van der Waals surface area contributed by atoms with E-state index in [2.05, 4.69) is 20.4 Å². The number of piperazine rings is 1. The molecule has 1 fully saturated rings. The number of hydrogen-bond donors (Lipinski definition) is 1. The molecule has 1 N–H and O–H groups in total. The monoisotopic (exact) mass is 425 g/mol. The number of hydrogen-bond acceptors (Lipinski definition) is 9. The number of furan rings is 1. The van der Waals surface area contributed by atoms with Gasteiger partial charge < -0.3 is 24.3 Å². The molecular weight excluding hydrogens is 402 g/mol. The van der Waals surface area contributed by atoms with Crippen molar-refractivity contribution >= 4 is 40.0 Å². The molecule has 0 aromatic carbocycles. The van der Waals surface area contributed by atoms with Crippen LogP contribution in [0.3, 0.4) is 0 Å². The lowest BCUT2D eigenvalue weighted by molar-refractivity contribution is -0.136. The number of nitrogens with zero attached hydrogens (tertiary/aromatic N) is 4. The average molecular weight is 426 g/mol. The van der Waals surface area contributed by atoms with Crippen molar-refractivity contribution in [2.45, 2.75) is 17.8 Å². The molecule has 0 bridgehead atoms. The van der Waals surface area contributed by atoms with Crippen molar-refractivity contribution in [3.8, 4) is 0 Å². The van der Waals surface area contributed by atoms with E-state index in [0.717, 1.165) is 15.2 Å². The van der Waals surface area contributed by atoms with Gasteiger partial charge in [0, 0.05) is 32.8 Å². The lowest BCUT2D eigenvalue weighted by atomic mass is 10.3. The van der Waals surface area contributed by atoms with Gasteiger partial charge in [0.15, 0.2) is 4.34 Å². The zero-order chi connectivity index (χ0) is 19.8. The average Bonchev–Trinajstić information content (AvgIpc) is 3.41. The van der Waals surface area contributed by atoms with Gasteiger partial charge in [0.25, 0.3) is 0 Å². The highest BCUT2D eigenvalue weighted by Crippen LogP contribution is 2.28. The van der Waals surface area contributed by atoms with Crippen molar-refractivity contribution in [1.29, 1.82) is 0 Å². The van der Waals surface area contributed by atoms with Crippen LogP contribution in [0.2, 0.25) is 0 Å². The van der Waals surface area contributed by atoms with Crippen molar-refractivity contribution in [1.82, 2.24) is 20.4 Å². The van der Waals surface area contributed by atoms with E-state index < -0.39 is 0 Å². The van der Waals surface area contributed by atoms with Crippen LogP contribution in [0.1, 0.15) is 12.7 Å². The third-order valence-corrected chi connectivity index (χ3v) is 6.21. The van der Waals surface area contributed by atoms with Gasteiger partial charge in [0.2, 0.25) is 16.9 Å². The van der Waals surface area contributed by atoms with Gasteiger partial charge in [-0.25, -0.2) is 0 Å². The topological polar surface area (TPSA) is 101 Å². The lowest BCUT2D eigenvalue weighted by Crippen LogP contribution is -2.49. The first-order chi connectivity index (χ1) is 13.7. The Morgan fingerprint density at radius 2 is 2.14 bits per heavy atom. The van der Waals surface area contributed by atoms with Crippen LogP contribution >= 0.6 is 23.1 Å². The molecule has 3 heterocycles. The number of anilines is 1. The van der Waals surface area contributed by atoms with Crippen molar-refractivity contribution in [3.63, 3.8) is 0 Å². The maximum atomic E-state index is 12.0. The van der Waals surface area contributed by atoms with Gasteiger partial charge >= 0.3 is 0 Å². The summed E-state index contributed by atoms with van der Waals surface area (Å²) in [5.41, 5.74) is 0. The van der Waals surface area contributed by atoms with Crippen LogP contribution < -0.4 is 10.2 Å². The number of thioether (sulfide) groups is 1. The van der Waals surface area contributed by atoms with E-state index in [1.807, 2.05) is 17.9 Å². The fourth-order valence-electron chi connectivity index (χ4n) is 2.59. The summed E-state index contributed by atoms with van der Waals surface area (Å²) in [5.74, 6) is 0.931. The molecule has 0 saturated carbocycles. The highest BCUT2D eigenvalue weighted by molar-refractivity contribution is 8.01. The van der Waals surface area contributed by atoms with Crippen LogP contribution in [0.25, 0.3) is 0 Å². The molecule has 9 nitrogen and oxygen atoms in total. The largest absolute Gasteiger partial charge is 0.467 e. The summed E-state index contributed by atoms with van der Waals surface area (Å²) in [6.07, 6.45) is 1.58. The minimum absolute atomic E-state index is 0.0237. The Balaban J connectivity index is 1.39. The number of aromatic nitrogens is 2. The second-order valence-electron chi connectivity index (χ2n) is 6.00. The molecule has 1 saturated heterocycles. The van der Waals surface area contributed by atoms with Crippen LogP contribution in [-0.4, -0.2) is 72.1 Å². The van der Waals surface area contributed by atoms with E-state index in [-0.39, 0.29) is 24.2 Å². The number of carbonyl (C=O) groups is 2. The summed E-state index contributed by atoms with van der Waals surface area (Å²) < 4.78 is 11.1. The number of amides is 2. The second-order valence-corrected chi connectivity index (χ2v) is 8.18. The molecule has 0 aliphatic carbocycles. The van der Waals surface area contributed by atoms with Gasteiger partial charge in [-0.15, -0.1) is 10.2 Å². The minimum Gasteiger partial charge on any atom is -0.467 e. The predicted octanol–water partition coefficient (Wildman–Crippen LogP) is 1.22. The summed E-state index contributed by atoms with van der Waals surface area (Å²) in [4.78, 5) is 27.8. The quantitative estimate of drug-likeness (QED) is 0.599. The van der Waals surface area contributed by atoms with E-state index in [1.165, 1.54) is 23.1 Å². The summed E-state index contributed by atoms with van der Waals surface area (Å²) in [5, 5.41) is 12.0. The Morgan fingerprint density at radius 3 is 2.86 bits per heavy atom. The minimum atomic E-state index is -0.0837. The van der Waals surface area contributed by atoms with Gasteiger partial charge in [-0.1, -0.05) is 23.1 Å². The van der Waals surface area contributed by atoms with Gasteiger partial charge in [-0.05, 0) is 19.1 Å². The molecule has 2 amide bonds. The zero-order valence-electron chi connectivity index (χ0n) is 15.6. The molecule has 152 valence electrons. The van der Waals surface area contributed by atoms with Crippen molar-refractivity contribution in [3.05, 3.63) is 24.2 Å². The Labute approximate surface area is 171 Å². The van der Waals surface area contributed by atoms with Crippen LogP contribution in [0, 0.1) is 0 Å². The van der Waals surface area contributed by atoms with Crippen molar-refractivity contribution in [2.75, 3.05) is 50.0 Å². The Bertz CT molecular complexity index is 759. The Hall–Kier alpha value is -2.11. The van der Waals surface area contributed by atoms with E-state index in [9.17, 15) is 9.59 Å². The standard InChI is InChI=1S/C17H23N5O4S2/c1-2-25-11-15(24)21-5-7-22(8-6-21)16-19-20-17(28-16)27-12-14(23)18-10-13-4-3-9-26-13/h3-4,9H,2,5-8,10-12H2,1H3,(H,18,23). The van der Waals surface area contributed by atoms with Crippen LogP contribution in [-0.2, 0) is 20.9 Å². The van der Waals surface area contributed by atoms with Gasteiger partial charge in [-0.2, -0.15) is 0 Å². The van der Waals surface area contributed by atoms with Crippen LogP contribution in [0.15, 0.2) is 27.2 Å². The summed E-state index contributed by atoms with van der Waals surface area (Å²) in [6, 6.07) is 3.60. The normalized spacial score (nSPS) is 14.3. The predicted molar refractivity (Wildman–Crippen MR) is 106 cm³/mol. The molecule has 1 aliphatic rings. The maximum absolute atomic E-state index is 12.0. The SMILES string of the molecule is CCOCC(=O)N1CCN(c2nnc(SCC(=O)NCc3ccco3)s2)CC1. The fraction of sp³-hybridized carbons (Fsp3) is 0.529. The zero-order valence-corrected chi connectivity index (χ0v) is 17.3. The highest BCUT2D eigenvalue weighted by Gasteiger charge is 2.23. The number of rotatable bonds is 9. The molecule has 0 atom stereocenters. The summed E-state index contributed by atoms with van der Waals surface area (Å²) in [6.45, 7) is 5.63.